The Balaban J connectivity index is 1.39. The molecule has 3 atom stereocenters. The molecule has 9 nitrogen and oxygen atoms in total. The Morgan fingerprint density at radius 1 is 1.21 bits per heavy atom. The fourth-order valence-corrected chi connectivity index (χ4v) is 5.56. The number of aromatic nitrogens is 2. The number of amides is 2. The zero-order valence-electron chi connectivity index (χ0n) is 21.3. The predicted octanol–water partition coefficient (Wildman–Crippen LogP) is 3.26. The van der Waals surface area contributed by atoms with E-state index in [1.165, 1.54) is 0 Å². The summed E-state index contributed by atoms with van der Waals surface area (Å²) in [6, 6.07) is 9.30. The summed E-state index contributed by atoms with van der Waals surface area (Å²) in [6.45, 7) is 4.37. The van der Waals surface area contributed by atoms with Crippen molar-refractivity contribution in [1.29, 1.82) is 0 Å². The van der Waals surface area contributed by atoms with Crippen molar-refractivity contribution in [3.8, 4) is 0 Å². The van der Waals surface area contributed by atoms with E-state index >= 15 is 0 Å². The lowest BCUT2D eigenvalue weighted by molar-refractivity contribution is -0.112. The quantitative estimate of drug-likeness (QED) is 0.380. The van der Waals surface area contributed by atoms with E-state index in [1.807, 2.05) is 16.7 Å². The number of aromatic amines is 1. The Morgan fingerprint density at radius 3 is 2.68 bits per heavy atom. The number of rotatable bonds is 8. The van der Waals surface area contributed by atoms with Gasteiger partial charge in [0.25, 0.3) is 11.8 Å². The molecule has 2 saturated heterocycles. The maximum Gasteiger partial charge on any atom is 0.254 e. The molecular weight excluding hydrogens is 506 g/mol. The summed E-state index contributed by atoms with van der Waals surface area (Å²) in [6.07, 6.45) is 3.30. The molecule has 0 bridgehead atoms. The number of aldehydes is 1. The van der Waals surface area contributed by atoms with Gasteiger partial charge in [-0.3, -0.25) is 14.5 Å². The molecule has 10 heteroatoms. The second-order valence-electron chi connectivity index (χ2n) is 10.2. The summed E-state index contributed by atoms with van der Waals surface area (Å²) < 4.78 is 0. The Labute approximate surface area is 226 Å². The standard InChI is InChI=1S/C28H32ClN5O4/c1-17-12-18(4-6-22(17)28(38)33-9-2-3-10-33)27(37)32-25(14-20(16-35)34-11-8-21(36)15-34)26-30-23-7-5-19(29)13-24(23)31-26/h4-7,12-13,16,20-21,25,36H,2-3,8-11,14-15H2,1H3,(H,30,31)(H,32,37)/t20?,21-,25+/m1/s1. The number of imidazole rings is 1. The number of β-amino-alcohol motifs (C(OH)–C–C–N with tert-alkyl or cyclic N) is 1. The molecule has 2 aliphatic rings. The number of aliphatic hydroxyl groups excluding tert-OH is 1. The van der Waals surface area contributed by atoms with Crippen LogP contribution < -0.4 is 5.32 Å². The monoisotopic (exact) mass is 537 g/mol. The first-order valence-electron chi connectivity index (χ1n) is 13.1. The lowest BCUT2D eigenvalue weighted by Crippen LogP contribution is -2.40. The van der Waals surface area contributed by atoms with Crippen LogP contribution in [0.1, 0.15) is 63.8 Å². The van der Waals surface area contributed by atoms with Gasteiger partial charge in [-0.25, -0.2) is 4.98 Å². The third kappa shape index (κ3) is 5.60. The average Bonchev–Trinajstić information content (AvgIpc) is 3.67. The molecule has 0 radical (unpaired) electrons. The molecule has 3 aromatic rings. The first-order valence-corrected chi connectivity index (χ1v) is 13.4. The highest BCUT2D eigenvalue weighted by Crippen LogP contribution is 2.26. The number of fused-ring (bicyclic) bond motifs is 1. The summed E-state index contributed by atoms with van der Waals surface area (Å²) in [5, 5.41) is 13.6. The van der Waals surface area contributed by atoms with Crippen LogP contribution in [0.4, 0.5) is 0 Å². The molecule has 0 spiro atoms. The molecule has 200 valence electrons. The molecule has 0 aliphatic carbocycles. The second kappa shape index (κ2) is 11.2. The molecule has 1 aromatic heterocycles. The van der Waals surface area contributed by atoms with Crippen molar-refractivity contribution < 1.29 is 19.5 Å². The number of likely N-dealkylation sites (tertiary alicyclic amines) is 2. The van der Waals surface area contributed by atoms with Gasteiger partial charge in [0.2, 0.25) is 0 Å². The van der Waals surface area contributed by atoms with Crippen LogP contribution >= 0.6 is 11.6 Å². The van der Waals surface area contributed by atoms with Gasteiger partial charge >= 0.3 is 0 Å². The van der Waals surface area contributed by atoms with E-state index in [4.69, 9.17) is 11.6 Å². The number of nitrogens with one attached hydrogen (secondary N) is 2. The summed E-state index contributed by atoms with van der Waals surface area (Å²) in [7, 11) is 0. The lowest BCUT2D eigenvalue weighted by Gasteiger charge is -2.27. The van der Waals surface area contributed by atoms with Crippen molar-refractivity contribution in [1.82, 2.24) is 25.1 Å². The topological polar surface area (TPSA) is 119 Å². The molecule has 2 aromatic carbocycles. The van der Waals surface area contributed by atoms with Gasteiger partial charge in [0.1, 0.15) is 12.1 Å². The molecule has 0 saturated carbocycles. The van der Waals surface area contributed by atoms with E-state index < -0.39 is 18.2 Å². The molecule has 2 fully saturated rings. The molecular formula is C28H32ClN5O4. The number of nitrogens with zero attached hydrogens (tertiary/aromatic N) is 3. The Morgan fingerprint density at radius 2 is 2.00 bits per heavy atom. The number of carbonyl (C=O) groups excluding carboxylic acids is 3. The highest BCUT2D eigenvalue weighted by Gasteiger charge is 2.31. The van der Waals surface area contributed by atoms with Crippen LogP contribution in [0, 0.1) is 6.92 Å². The molecule has 3 heterocycles. The Bertz CT molecular complexity index is 1350. The minimum Gasteiger partial charge on any atom is -0.392 e. The van der Waals surface area contributed by atoms with Gasteiger partial charge in [0.05, 0.1) is 29.2 Å². The number of benzene rings is 2. The van der Waals surface area contributed by atoms with E-state index in [9.17, 15) is 19.5 Å². The van der Waals surface area contributed by atoms with Crippen molar-refractivity contribution in [2.24, 2.45) is 0 Å². The summed E-state index contributed by atoms with van der Waals surface area (Å²) >= 11 is 6.15. The largest absolute Gasteiger partial charge is 0.392 e. The Kier molecular flexibility index (Phi) is 7.78. The number of aryl methyl sites for hydroxylation is 1. The molecule has 1 unspecified atom stereocenters. The van der Waals surface area contributed by atoms with Crippen molar-refractivity contribution in [2.75, 3.05) is 26.2 Å². The van der Waals surface area contributed by atoms with Crippen LogP contribution in [0.15, 0.2) is 36.4 Å². The summed E-state index contributed by atoms with van der Waals surface area (Å²) in [4.78, 5) is 50.1. The number of carbonyl (C=O) groups is 3. The van der Waals surface area contributed by atoms with Crippen molar-refractivity contribution >= 4 is 40.7 Å². The number of halogens is 1. The van der Waals surface area contributed by atoms with E-state index in [1.54, 1.807) is 36.4 Å². The third-order valence-electron chi connectivity index (χ3n) is 7.51. The molecule has 3 N–H and O–H groups in total. The number of hydrogen-bond donors (Lipinski definition) is 3. The van der Waals surface area contributed by atoms with Crippen LogP contribution in [0.3, 0.4) is 0 Å². The van der Waals surface area contributed by atoms with E-state index in [-0.39, 0.29) is 18.2 Å². The molecule has 38 heavy (non-hydrogen) atoms. The van der Waals surface area contributed by atoms with Crippen LogP contribution in [0.25, 0.3) is 11.0 Å². The average molecular weight is 538 g/mol. The van der Waals surface area contributed by atoms with Crippen LogP contribution in [-0.4, -0.2) is 81.3 Å². The maximum absolute atomic E-state index is 13.4. The van der Waals surface area contributed by atoms with E-state index in [0.29, 0.717) is 47.0 Å². The zero-order chi connectivity index (χ0) is 26.8. The van der Waals surface area contributed by atoms with Gasteiger partial charge < -0.3 is 25.1 Å². The minimum absolute atomic E-state index is 0.00704. The fraction of sp³-hybridized carbons (Fsp3) is 0.429. The van der Waals surface area contributed by atoms with Gasteiger partial charge in [-0.1, -0.05) is 11.6 Å². The van der Waals surface area contributed by atoms with Crippen LogP contribution in [-0.2, 0) is 4.79 Å². The minimum atomic E-state index is -0.604. The van der Waals surface area contributed by atoms with Crippen LogP contribution in [0.2, 0.25) is 5.02 Å². The zero-order valence-corrected chi connectivity index (χ0v) is 22.1. The van der Waals surface area contributed by atoms with Crippen LogP contribution in [0.5, 0.6) is 0 Å². The predicted molar refractivity (Wildman–Crippen MR) is 144 cm³/mol. The molecule has 2 aliphatic heterocycles. The highest BCUT2D eigenvalue weighted by molar-refractivity contribution is 6.31. The van der Waals surface area contributed by atoms with Crippen molar-refractivity contribution in [3.63, 3.8) is 0 Å². The lowest BCUT2D eigenvalue weighted by atomic mass is 10.0. The fourth-order valence-electron chi connectivity index (χ4n) is 5.38. The maximum atomic E-state index is 13.4. The van der Waals surface area contributed by atoms with Gasteiger partial charge in [-0.2, -0.15) is 0 Å². The first-order chi connectivity index (χ1) is 18.3. The highest BCUT2D eigenvalue weighted by atomic mass is 35.5. The van der Waals surface area contributed by atoms with Gasteiger partial charge in [-0.15, -0.1) is 0 Å². The van der Waals surface area contributed by atoms with Gasteiger partial charge in [0, 0.05) is 42.3 Å². The van der Waals surface area contributed by atoms with Crippen molar-refractivity contribution in [3.05, 3.63) is 63.9 Å². The first kappa shape index (κ1) is 26.3. The number of aliphatic hydroxyl groups is 1. The van der Waals surface area contributed by atoms with E-state index in [2.05, 4.69) is 15.3 Å². The van der Waals surface area contributed by atoms with Gasteiger partial charge in [-0.05, 0) is 74.6 Å². The number of hydrogen-bond acceptors (Lipinski definition) is 6. The molecule has 2 amide bonds. The normalized spacial score (nSPS) is 19.6. The van der Waals surface area contributed by atoms with Gasteiger partial charge in [0.15, 0.2) is 0 Å². The summed E-state index contributed by atoms with van der Waals surface area (Å²) in [5.41, 5.74) is 3.18. The van der Waals surface area contributed by atoms with E-state index in [0.717, 1.165) is 43.3 Å². The SMILES string of the molecule is Cc1cc(C(=O)N[C@@H](CC(C=O)N2CC[C@@H](O)C2)c2nc3ccc(Cl)cc3[nH]2)ccc1C(=O)N1CCCC1. The third-order valence-corrected chi connectivity index (χ3v) is 7.74. The second-order valence-corrected chi connectivity index (χ2v) is 10.7. The summed E-state index contributed by atoms with van der Waals surface area (Å²) in [5.74, 6) is 0.176. The molecule has 5 rings (SSSR count). The Hall–Kier alpha value is -3.27. The smallest absolute Gasteiger partial charge is 0.254 e. The number of H-pyrrole nitrogens is 1. The van der Waals surface area contributed by atoms with Crippen molar-refractivity contribution in [2.45, 2.75) is 50.8 Å².